The zero-order chi connectivity index (χ0) is 12.5. The maximum atomic E-state index is 11.6. The largest absolute Gasteiger partial charge is 0.333 e. The Bertz CT molecular complexity index is 368. The van der Waals surface area contributed by atoms with E-state index in [1.54, 1.807) is 0 Å². The topological polar surface area (TPSA) is 29.1 Å². The molecule has 0 atom stereocenters. The molecule has 0 aliphatic carbocycles. The fourth-order valence-electron chi connectivity index (χ4n) is 1.64. The maximum absolute atomic E-state index is 11.6. The van der Waals surface area contributed by atoms with E-state index in [1.807, 2.05) is 43.5 Å². The molecule has 1 amide bonds. The molecule has 1 aromatic carbocycles. The Morgan fingerprint density at radius 2 is 1.94 bits per heavy atom. The van der Waals surface area contributed by atoms with Crippen molar-refractivity contribution in [2.75, 3.05) is 0 Å². The third kappa shape index (κ3) is 5.91. The molecule has 2 heteroatoms. The molecule has 0 heterocycles. The summed E-state index contributed by atoms with van der Waals surface area (Å²) in [4.78, 5) is 11.6. The van der Waals surface area contributed by atoms with Crippen molar-refractivity contribution in [3.05, 3.63) is 47.7 Å². The Labute approximate surface area is 104 Å². The minimum atomic E-state index is 0.0873. The molecule has 0 spiro atoms. The lowest BCUT2D eigenvalue weighted by Gasteiger charge is -2.03. The van der Waals surface area contributed by atoms with E-state index in [1.165, 1.54) is 11.1 Å². The second kappa shape index (κ2) is 7.66. The predicted molar refractivity (Wildman–Crippen MR) is 71.6 cm³/mol. The smallest absolute Gasteiger partial charge is 0.224 e. The van der Waals surface area contributed by atoms with Crippen molar-refractivity contribution in [3.63, 3.8) is 0 Å². The first kappa shape index (κ1) is 13.5. The standard InChI is InChI=1S/C15H21NO/c1-3-7-13(2)12-16-15(17)11-10-14-8-5-4-6-9-14/h4-6,8-9,12H,3,7,10-11H2,1-2H3,(H,16,17)/b13-12+. The van der Waals surface area contributed by atoms with Crippen LogP contribution in [0, 0.1) is 0 Å². The highest BCUT2D eigenvalue weighted by molar-refractivity contribution is 5.77. The number of amides is 1. The summed E-state index contributed by atoms with van der Waals surface area (Å²) in [5.41, 5.74) is 2.43. The monoisotopic (exact) mass is 231 g/mol. The molecule has 0 fully saturated rings. The molecule has 2 nitrogen and oxygen atoms in total. The fraction of sp³-hybridized carbons (Fsp3) is 0.400. The van der Waals surface area contributed by atoms with Crippen LogP contribution in [-0.4, -0.2) is 5.91 Å². The van der Waals surface area contributed by atoms with Crippen LogP contribution >= 0.6 is 0 Å². The Morgan fingerprint density at radius 3 is 2.59 bits per heavy atom. The molecule has 0 aromatic heterocycles. The van der Waals surface area contributed by atoms with Crippen LogP contribution < -0.4 is 5.32 Å². The number of benzene rings is 1. The highest BCUT2D eigenvalue weighted by Crippen LogP contribution is 2.03. The normalized spacial score (nSPS) is 11.3. The molecule has 1 N–H and O–H groups in total. The summed E-state index contributed by atoms with van der Waals surface area (Å²) >= 11 is 0. The van der Waals surface area contributed by atoms with Gasteiger partial charge in [-0.1, -0.05) is 49.2 Å². The second-order valence-electron chi connectivity index (χ2n) is 4.29. The van der Waals surface area contributed by atoms with E-state index in [-0.39, 0.29) is 5.91 Å². The summed E-state index contributed by atoms with van der Waals surface area (Å²) in [5, 5.41) is 2.84. The van der Waals surface area contributed by atoms with Gasteiger partial charge >= 0.3 is 0 Å². The molecule has 0 saturated carbocycles. The van der Waals surface area contributed by atoms with Crippen molar-refractivity contribution in [2.24, 2.45) is 0 Å². The van der Waals surface area contributed by atoms with Crippen LogP contribution in [0.4, 0.5) is 0 Å². The summed E-state index contributed by atoms with van der Waals surface area (Å²) in [6, 6.07) is 10.1. The number of hydrogen-bond acceptors (Lipinski definition) is 1. The van der Waals surface area contributed by atoms with Gasteiger partial charge in [-0.3, -0.25) is 4.79 Å². The van der Waals surface area contributed by atoms with Gasteiger partial charge in [0.25, 0.3) is 0 Å². The lowest BCUT2D eigenvalue weighted by atomic mass is 10.1. The molecule has 92 valence electrons. The average molecular weight is 231 g/mol. The molecule has 0 unspecified atom stereocenters. The Balaban J connectivity index is 2.29. The van der Waals surface area contributed by atoms with E-state index < -0.39 is 0 Å². The van der Waals surface area contributed by atoms with E-state index >= 15 is 0 Å². The minimum absolute atomic E-state index is 0.0873. The molecule has 1 rings (SSSR count). The van der Waals surface area contributed by atoms with Gasteiger partial charge in [-0.25, -0.2) is 0 Å². The van der Waals surface area contributed by atoms with Crippen LogP contribution in [0.25, 0.3) is 0 Å². The van der Waals surface area contributed by atoms with E-state index in [0.29, 0.717) is 6.42 Å². The van der Waals surface area contributed by atoms with Crippen molar-refractivity contribution < 1.29 is 4.79 Å². The molecule has 1 aromatic rings. The minimum Gasteiger partial charge on any atom is -0.333 e. The number of allylic oxidation sites excluding steroid dienone is 1. The van der Waals surface area contributed by atoms with Gasteiger partial charge in [0.1, 0.15) is 0 Å². The van der Waals surface area contributed by atoms with Gasteiger partial charge in [0.15, 0.2) is 0 Å². The Morgan fingerprint density at radius 1 is 1.24 bits per heavy atom. The van der Waals surface area contributed by atoms with Gasteiger partial charge in [-0.05, 0) is 25.3 Å². The number of rotatable bonds is 6. The first-order valence-electron chi connectivity index (χ1n) is 6.21. The molecule has 17 heavy (non-hydrogen) atoms. The number of aryl methyl sites for hydroxylation is 1. The van der Waals surface area contributed by atoms with Gasteiger partial charge in [-0.15, -0.1) is 0 Å². The molecule has 0 bridgehead atoms. The SMILES string of the molecule is CCC/C(C)=C/NC(=O)CCc1ccccc1. The summed E-state index contributed by atoms with van der Waals surface area (Å²) in [7, 11) is 0. The predicted octanol–water partition coefficient (Wildman–Crippen LogP) is 3.44. The van der Waals surface area contributed by atoms with Gasteiger partial charge in [0.2, 0.25) is 5.91 Å². The van der Waals surface area contributed by atoms with Crippen LogP contribution in [0.2, 0.25) is 0 Å². The Hall–Kier alpha value is -1.57. The molecule has 0 aliphatic rings. The van der Waals surface area contributed by atoms with Crippen LogP contribution in [0.15, 0.2) is 42.1 Å². The van der Waals surface area contributed by atoms with Crippen molar-refractivity contribution in [1.29, 1.82) is 0 Å². The first-order valence-corrected chi connectivity index (χ1v) is 6.21. The third-order valence-corrected chi connectivity index (χ3v) is 2.61. The molecule has 0 radical (unpaired) electrons. The molecule has 0 saturated heterocycles. The highest BCUT2D eigenvalue weighted by atomic mass is 16.1. The van der Waals surface area contributed by atoms with Gasteiger partial charge in [-0.2, -0.15) is 0 Å². The summed E-state index contributed by atoms with van der Waals surface area (Å²) in [6.45, 7) is 4.18. The third-order valence-electron chi connectivity index (χ3n) is 2.61. The summed E-state index contributed by atoms with van der Waals surface area (Å²) < 4.78 is 0. The van der Waals surface area contributed by atoms with Crippen LogP contribution in [0.5, 0.6) is 0 Å². The summed E-state index contributed by atoms with van der Waals surface area (Å²) in [6.07, 6.45) is 5.32. The van der Waals surface area contributed by atoms with E-state index in [9.17, 15) is 4.79 Å². The Kier molecular flexibility index (Phi) is 6.08. The van der Waals surface area contributed by atoms with Crippen molar-refractivity contribution in [3.8, 4) is 0 Å². The van der Waals surface area contributed by atoms with Crippen molar-refractivity contribution in [1.82, 2.24) is 5.32 Å². The van der Waals surface area contributed by atoms with Crippen LogP contribution in [0.1, 0.15) is 38.7 Å². The van der Waals surface area contributed by atoms with Gasteiger partial charge < -0.3 is 5.32 Å². The number of hydrogen-bond donors (Lipinski definition) is 1. The van der Waals surface area contributed by atoms with Crippen LogP contribution in [0.3, 0.4) is 0 Å². The highest BCUT2D eigenvalue weighted by Gasteiger charge is 2.00. The van der Waals surface area contributed by atoms with Gasteiger partial charge in [0, 0.05) is 12.6 Å². The molecular weight excluding hydrogens is 210 g/mol. The number of carbonyl (C=O) groups excluding carboxylic acids is 1. The van der Waals surface area contributed by atoms with E-state index in [4.69, 9.17) is 0 Å². The lowest BCUT2D eigenvalue weighted by molar-refractivity contribution is -0.120. The van der Waals surface area contributed by atoms with Crippen molar-refractivity contribution in [2.45, 2.75) is 39.5 Å². The second-order valence-corrected chi connectivity index (χ2v) is 4.29. The van der Waals surface area contributed by atoms with Gasteiger partial charge in [0.05, 0.1) is 0 Å². The first-order chi connectivity index (χ1) is 8.22. The molecule has 0 aliphatic heterocycles. The lowest BCUT2D eigenvalue weighted by Crippen LogP contribution is -2.17. The zero-order valence-corrected chi connectivity index (χ0v) is 10.7. The van der Waals surface area contributed by atoms with Crippen LogP contribution in [-0.2, 0) is 11.2 Å². The van der Waals surface area contributed by atoms with E-state index in [0.717, 1.165) is 19.3 Å². The fourth-order valence-corrected chi connectivity index (χ4v) is 1.64. The van der Waals surface area contributed by atoms with E-state index in [2.05, 4.69) is 12.2 Å². The number of carbonyl (C=O) groups is 1. The summed E-state index contributed by atoms with van der Waals surface area (Å²) in [5.74, 6) is 0.0873. The van der Waals surface area contributed by atoms with Crippen molar-refractivity contribution >= 4 is 5.91 Å². The number of nitrogens with one attached hydrogen (secondary N) is 1. The zero-order valence-electron chi connectivity index (χ0n) is 10.7. The maximum Gasteiger partial charge on any atom is 0.224 e. The average Bonchev–Trinajstić information content (AvgIpc) is 2.35. The molecular formula is C15H21NO. The quantitative estimate of drug-likeness (QED) is 0.798.